The number of rotatable bonds is 8. The smallest absolute Gasteiger partial charge is 0.228 e. The molecule has 1 saturated heterocycles. The Balaban J connectivity index is 1.37. The number of hydrogen-bond donors (Lipinski definition) is 1. The number of anilines is 1. The van der Waals surface area contributed by atoms with Crippen LogP contribution in [0, 0.1) is 5.92 Å². The zero-order valence-electron chi connectivity index (χ0n) is 21.9. The molecule has 1 aromatic carbocycles. The minimum atomic E-state index is -0.0298. The van der Waals surface area contributed by atoms with Crippen LogP contribution in [0.1, 0.15) is 31.7 Å². The predicted molar refractivity (Wildman–Crippen MR) is 143 cm³/mol. The van der Waals surface area contributed by atoms with Crippen LogP contribution in [0.5, 0.6) is 5.75 Å². The third-order valence-corrected chi connectivity index (χ3v) is 7.40. The van der Waals surface area contributed by atoms with Crippen LogP contribution in [0.2, 0.25) is 0 Å². The van der Waals surface area contributed by atoms with Gasteiger partial charge in [0, 0.05) is 55.0 Å². The Morgan fingerprint density at radius 3 is 2.82 bits per heavy atom. The highest BCUT2D eigenvalue weighted by atomic mass is 16.5. The zero-order chi connectivity index (χ0) is 26.2. The average molecular weight is 517 g/mol. The van der Waals surface area contributed by atoms with E-state index in [4.69, 9.17) is 24.4 Å². The SMILES string of the molecule is COC[C@@H]1OCCC[C@H]1n1cc(-c2cccc(-c3nn(C)c4cnc(NC(=O)C5CC5)cc34)c2OC)cn1. The number of carbonyl (C=O) groups is 1. The van der Waals surface area contributed by atoms with E-state index in [0.29, 0.717) is 18.2 Å². The van der Waals surface area contributed by atoms with Crippen molar-refractivity contribution in [1.82, 2.24) is 24.5 Å². The molecule has 2 atom stereocenters. The molecule has 1 amide bonds. The standard InChI is InChI=1S/C28H32N6O4/c1-33-23-14-29-25(31-28(35)17-9-10-17)12-21(23)26(32-33)20-7-4-6-19(27(20)37-3)18-13-30-34(15-18)22-8-5-11-38-24(22)16-36-2/h4,6-7,12-15,17,22,24H,5,8-11,16H2,1-3H3,(H,29,31,35)/t22-,24+/m1/s1. The maximum atomic E-state index is 12.3. The molecule has 0 unspecified atom stereocenters. The average Bonchev–Trinajstić information content (AvgIpc) is 3.59. The van der Waals surface area contributed by atoms with Crippen LogP contribution < -0.4 is 10.1 Å². The summed E-state index contributed by atoms with van der Waals surface area (Å²) in [7, 11) is 5.25. The number of aromatic nitrogens is 5. The lowest BCUT2D eigenvalue weighted by Gasteiger charge is -2.31. The van der Waals surface area contributed by atoms with Crippen molar-refractivity contribution in [3.8, 4) is 28.1 Å². The van der Waals surface area contributed by atoms with Crippen molar-refractivity contribution in [3.63, 3.8) is 0 Å². The molecule has 0 radical (unpaired) electrons. The molecular weight excluding hydrogens is 484 g/mol. The van der Waals surface area contributed by atoms with Gasteiger partial charge in [0.05, 0.1) is 37.7 Å². The Labute approximate surface area is 220 Å². The number of para-hydroxylation sites is 1. The van der Waals surface area contributed by atoms with Crippen molar-refractivity contribution in [2.45, 2.75) is 37.8 Å². The molecule has 38 heavy (non-hydrogen) atoms. The molecule has 6 rings (SSSR count). The number of nitrogens with one attached hydrogen (secondary N) is 1. The van der Waals surface area contributed by atoms with Gasteiger partial charge in [-0.25, -0.2) is 4.98 Å². The van der Waals surface area contributed by atoms with Gasteiger partial charge >= 0.3 is 0 Å². The van der Waals surface area contributed by atoms with E-state index >= 15 is 0 Å². The van der Waals surface area contributed by atoms with E-state index in [-0.39, 0.29) is 24.0 Å². The van der Waals surface area contributed by atoms with Crippen LogP contribution in [0.25, 0.3) is 33.3 Å². The predicted octanol–water partition coefficient (Wildman–Crippen LogP) is 4.22. The van der Waals surface area contributed by atoms with Gasteiger partial charge in [-0.2, -0.15) is 10.2 Å². The number of pyridine rings is 1. The van der Waals surface area contributed by atoms with Gasteiger partial charge in [0.2, 0.25) is 5.91 Å². The summed E-state index contributed by atoms with van der Waals surface area (Å²) in [6.07, 6.45) is 9.49. The molecule has 10 heteroatoms. The van der Waals surface area contributed by atoms with Crippen molar-refractivity contribution in [1.29, 1.82) is 0 Å². The fraction of sp³-hybridized carbons (Fsp3) is 0.429. The van der Waals surface area contributed by atoms with E-state index in [1.165, 1.54) is 0 Å². The second-order valence-electron chi connectivity index (χ2n) is 9.99. The van der Waals surface area contributed by atoms with E-state index in [0.717, 1.165) is 65.6 Å². The van der Waals surface area contributed by atoms with Gasteiger partial charge in [-0.3, -0.25) is 14.2 Å². The molecule has 3 aromatic heterocycles. The minimum Gasteiger partial charge on any atom is -0.495 e. The first-order valence-corrected chi connectivity index (χ1v) is 13.0. The van der Waals surface area contributed by atoms with Crippen LogP contribution in [-0.4, -0.2) is 64.0 Å². The molecule has 0 spiro atoms. The van der Waals surface area contributed by atoms with Crippen molar-refractivity contribution in [2.75, 3.05) is 32.8 Å². The molecule has 1 saturated carbocycles. The number of carbonyl (C=O) groups excluding carboxylic acids is 1. The molecule has 4 heterocycles. The maximum absolute atomic E-state index is 12.3. The summed E-state index contributed by atoms with van der Waals surface area (Å²) in [6.45, 7) is 1.28. The molecule has 2 fully saturated rings. The first-order chi connectivity index (χ1) is 18.6. The number of fused-ring (bicyclic) bond motifs is 1. The maximum Gasteiger partial charge on any atom is 0.228 e. The fourth-order valence-corrected chi connectivity index (χ4v) is 5.27. The Morgan fingerprint density at radius 2 is 2.03 bits per heavy atom. The third kappa shape index (κ3) is 4.54. The van der Waals surface area contributed by atoms with Gasteiger partial charge in [-0.1, -0.05) is 12.1 Å². The molecule has 1 N–H and O–H groups in total. The lowest BCUT2D eigenvalue weighted by Crippen LogP contribution is -2.35. The molecule has 0 bridgehead atoms. The van der Waals surface area contributed by atoms with Crippen LogP contribution in [0.3, 0.4) is 0 Å². The molecule has 1 aliphatic carbocycles. The first-order valence-electron chi connectivity index (χ1n) is 13.0. The normalized spacial score (nSPS) is 19.6. The summed E-state index contributed by atoms with van der Waals surface area (Å²) in [5.41, 5.74) is 4.35. The molecule has 2 aliphatic rings. The highest BCUT2D eigenvalue weighted by Crippen LogP contribution is 2.41. The molecule has 198 valence electrons. The van der Waals surface area contributed by atoms with Gasteiger partial charge in [0.25, 0.3) is 0 Å². The second kappa shape index (κ2) is 10.2. The number of nitrogens with zero attached hydrogens (tertiary/aromatic N) is 5. The number of hydrogen-bond acceptors (Lipinski definition) is 7. The van der Waals surface area contributed by atoms with Crippen molar-refractivity contribution in [3.05, 3.63) is 42.9 Å². The number of methoxy groups -OCH3 is 2. The Kier molecular flexibility index (Phi) is 6.59. The number of ether oxygens (including phenoxy) is 3. The Hall–Kier alpha value is -3.76. The molecular formula is C28H32N6O4. The molecule has 1 aliphatic heterocycles. The highest BCUT2D eigenvalue weighted by molar-refractivity contribution is 6.00. The van der Waals surface area contributed by atoms with Crippen LogP contribution in [0.15, 0.2) is 42.9 Å². The third-order valence-electron chi connectivity index (χ3n) is 7.40. The summed E-state index contributed by atoms with van der Waals surface area (Å²) >= 11 is 0. The number of benzene rings is 1. The van der Waals surface area contributed by atoms with Gasteiger partial charge in [0.15, 0.2) is 0 Å². The Bertz CT molecular complexity index is 1470. The minimum absolute atomic E-state index is 0.0231. The van der Waals surface area contributed by atoms with E-state index in [1.54, 1.807) is 25.1 Å². The van der Waals surface area contributed by atoms with E-state index < -0.39 is 0 Å². The van der Waals surface area contributed by atoms with E-state index in [9.17, 15) is 4.79 Å². The van der Waals surface area contributed by atoms with Gasteiger partial charge in [-0.05, 0) is 37.8 Å². The van der Waals surface area contributed by atoms with Crippen molar-refractivity contribution in [2.24, 2.45) is 13.0 Å². The summed E-state index contributed by atoms with van der Waals surface area (Å²) in [4.78, 5) is 16.8. The van der Waals surface area contributed by atoms with Crippen molar-refractivity contribution >= 4 is 22.6 Å². The topological polar surface area (TPSA) is 105 Å². The van der Waals surface area contributed by atoms with Gasteiger partial charge < -0.3 is 19.5 Å². The quantitative estimate of drug-likeness (QED) is 0.374. The first kappa shape index (κ1) is 24.6. The largest absolute Gasteiger partial charge is 0.495 e. The summed E-state index contributed by atoms with van der Waals surface area (Å²) in [5.74, 6) is 1.36. The van der Waals surface area contributed by atoms with Crippen LogP contribution >= 0.6 is 0 Å². The fourth-order valence-electron chi connectivity index (χ4n) is 5.27. The lowest BCUT2D eigenvalue weighted by atomic mass is 10.00. The summed E-state index contributed by atoms with van der Waals surface area (Å²) in [6, 6.07) is 8.03. The highest BCUT2D eigenvalue weighted by Gasteiger charge is 2.30. The van der Waals surface area contributed by atoms with E-state index in [2.05, 4.69) is 16.5 Å². The monoisotopic (exact) mass is 516 g/mol. The van der Waals surface area contributed by atoms with E-state index in [1.807, 2.05) is 42.2 Å². The molecule has 10 nitrogen and oxygen atoms in total. The summed E-state index contributed by atoms with van der Waals surface area (Å²) < 4.78 is 21.1. The van der Waals surface area contributed by atoms with Gasteiger partial charge in [0.1, 0.15) is 23.4 Å². The van der Waals surface area contributed by atoms with Gasteiger partial charge in [-0.15, -0.1) is 0 Å². The number of aryl methyl sites for hydroxylation is 1. The number of amides is 1. The second-order valence-corrected chi connectivity index (χ2v) is 9.99. The Morgan fingerprint density at radius 1 is 1.18 bits per heavy atom. The summed E-state index contributed by atoms with van der Waals surface area (Å²) in [5, 5.41) is 13.3. The van der Waals surface area contributed by atoms with Crippen molar-refractivity contribution < 1.29 is 19.0 Å². The lowest BCUT2D eigenvalue weighted by molar-refractivity contribution is -0.117. The molecule has 4 aromatic rings. The zero-order valence-corrected chi connectivity index (χ0v) is 21.9. The van der Waals surface area contributed by atoms with Crippen LogP contribution in [0.4, 0.5) is 5.82 Å². The van der Waals surface area contributed by atoms with Crippen LogP contribution in [-0.2, 0) is 21.3 Å².